The SMILES string of the molecule is O=C1c2ccc(C3CCN(Cc4ccc(F)cc4Cl)CC3)cc2CN1C1CCCNC1. The van der Waals surface area contributed by atoms with E-state index in [2.05, 4.69) is 27.2 Å². The molecule has 1 amide bonds. The van der Waals surface area contributed by atoms with Crippen LogP contribution >= 0.6 is 11.6 Å². The molecule has 0 aliphatic carbocycles. The number of hydrogen-bond donors (Lipinski definition) is 1. The molecule has 5 rings (SSSR count). The van der Waals surface area contributed by atoms with E-state index in [1.54, 1.807) is 6.07 Å². The van der Waals surface area contributed by atoms with Crippen molar-refractivity contribution in [1.82, 2.24) is 15.1 Å². The van der Waals surface area contributed by atoms with Crippen LogP contribution in [0.5, 0.6) is 0 Å². The van der Waals surface area contributed by atoms with Gasteiger partial charge in [0.1, 0.15) is 5.82 Å². The average Bonchev–Trinajstić information content (AvgIpc) is 3.13. The van der Waals surface area contributed by atoms with E-state index in [-0.39, 0.29) is 11.7 Å². The first kappa shape index (κ1) is 20.9. The molecule has 0 radical (unpaired) electrons. The number of nitrogens with zero attached hydrogens (tertiary/aromatic N) is 2. The van der Waals surface area contributed by atoms with Crippen LogP contribution in [0.15, 0.2) is 36.4 Å². The highest BCUT2D eigenvalue weighted by molar-refractivity contribution is 6.31. The second-order valence-electron chi connectivity index (χ2n) is 9.14. The minimum absolute atomic E-state index is 0.196. The van der Waals surface area contributed by atoms with Gasteiger partial charge >= 0.3 is 0 Å². The average molecular weight is 442 g/mol. The van der Waals surface area contributed by atoms with E-state index in [1.165, 1.54) is 23.3 Å². The van der Waals surface area contributed by atoms with Crippen molar-refractivity contribution in [3.63, 3.8) is 0 Å². The Balaban J connectivity index is 1.21. The molecule has 2 aromatic carbocycles. The van der Waals surface area contributed by atoms with Crippen LogP contribution in [0.4, 0.5) is 4.39 Å². The lowest BCUT2D eigenvalue weighted by molar-refractivity contribution is 0.0674. The van der Waals surface area contributed by atoms with E-state index in [1.807, 2.05) is 6.07 Å². The highest BCUT2D eigenvalue weighted by Crippen LogP contribution is 2.34. The molecule has 0 aromatic heterocycles. The van der Waals surface area contributed by atoms with Gasteiger partial charge in [-0.1, -0.05) is 29.8 Å². The maximum absolute atomic E-state index is 13.3. The summed E-state index contributed by atoms with van der Waals surface area (Å²) in [5, 5.41) is 3.93. The smallest absolute Gasteiger partial charge is 0.254 e. The lowest BCUT2D eigenvalue weighted by atomic mass is 9.87. The predicted molar refractivity (Wildman–Crippen MR) is 121 cm³/mol. The van der Waals surface area contributed by atoms with Gasteiger partial charge in [0.15, 0.2) is 0 Å². The Hall–Kier alpha value is -1.95. The molecule has 4 nitrogen and oxygen atoms in total. The van der Waals surface area contributed by atoms with Crippen LogP contribution in [0, 0.1) is 5.82 Å². The van der Waals surface area contributed by atoms with Crippen LogP contribution in [-0.4, -0.2) is 47.9 Å². The summed E-state index contributed by atoms with van der Waals surface area (Å²) in [4.78, 5) is 17.4. The largest absolute Gasteiger partial charge is 0.330 e. The zero-order valence-electron chi connectivity index (χ0n) is 17.7. The highest BCUT2D eigenvalue weighted by atomic mass is 35.5. The van der Waals surface area contributed by atoms with Crippen molar-refractivity contribution in [2.45, 2.75) is 50.7 Å². The van der Waals surface area contributed by atoms with Crippen LogP contribution < -0.4 is 5.32 Å². The van der Waals surface area contributed by atoms with E-state index in [9.17, 15) is 9.18 Å². The number of likely N-dealkylation sites (tertiary alicyclic amines) is 1. The van der Waals surface area contributed by atoms with Crippen LogP contribution in [0.1, 0.15) is 58.6 Å². The molecule has 31 heavy (non-hydrogen) atoms. The number of carbonyl (C=O) groups is 1. The lowest BCUT2D eigenvalue weighted by Gasteiger charge is -2.32. The van der Waals surface area contributed by atoms with Crippen LogP contribution in [0.25, 0.3) is 0 Å². The summed E-state index contributed by atoms with van der Waals surface area (Å²) in [5.41, 5.74) is 4.41. The third kappa shape index (κ3) is 4.36. The standard InChI is InChI=1S/C25H29ClFN3O/c26-24-13-21(27)5-3-19(24)15-29-10-7-17(8-11-29)18-4-6-23-20(12-18)16-30(25(23)31)22-2-1-9-28-14-22/h3-6,12-13,17,22,28H,1-2,7-11,14-16H2. The monoisotopic (exact) mass is 441 g/mol. The third-order valence-electron chi connectivity index (χ3n) is 7.14. The van der Waals surface area contributed by atoms with Gasteiger partial charge < -0.3 is 10.2 Å². The number of fused-ring (bicyclic) bond motifs is 1. The van der Waals surface area contributed by atoms with Crippen molar-refractivity contribution >= 4 is 17.5 Å². The fraction of sp³-hybridized carbons (Fsp3) is 0.480. The molecule has 6 heteroatoms. The van der Waals surface area contributed by atoms with Gasteiger partial charge in [0.2, 0.25) is 0 Å². The number of halogens is 2. The first-order valence-corrected chi connectivity index (χ1v) is 11.8. The first-order chi connectivity index (χ1) is 15.1. The molecule has 0 spiro atoms. The van der Waals surface area contributed by atoms with Gasteiger partial charge in [-0.2, -0.15) is 0 Å². The molecule has 0 bridgehead atoms. The van der Waals surface area contributed by atoms with Crippen LogP contribution in [0.2, 0.25) is 5.02 Å². The zero-order valence-corrected chi connectivity index (χ0v) is 18.5. The van der Waals surface area contributed by atoms with E-state index >= 15 is 0 Å². The fourth-order valence-corrected chi connectivity index (χ4v) is 5.55. The minimum Gasteiger partial charge on any atom is -0.330 e. The Labute approximate surface area is 188 Å². The van der Waals surface area contributed by atoms with Crippen molar-refractivity contribution in [1.29, 1.82) is 0 Å². The minimum atomic E-state index is -0.291. The Kier molecular flexibility index (Phi) is 6.00. The molecule has 1 atom stereocenters. The molecular weight excluding hydrogens is 413 g/mol. The third-order valence-corrected chi connectivity index (χ3v) is 7.49. The molecule has 3 aliphatic rings. The van der Waals surface area contributed by atoms with Gasteiger partial charge in [0.05, 0.1) is 0 Å². The molecule has 0 saturated carbocycles. The van der Waals surface area contributed by atoms with Crippen LogP contribution in [-0.2, 0) is 13.1 Å². The Morgan fingerprint density at radius 3 is 2.68 bits per heavy atom. The van der Waals surface area contributed by atoms with E-state index in [0.717, 1.165) is 76.1 Å². The molecule has 164 valence electrons. The van der Waals surface area contributed by atoms with Crippen molar-refractivity contribution in [3.8, 4) is 0 Å². The Bertz CT molecular complexity index is 967. The van der Waals surface area contributed by atoms with E-state index in [4.69, 9.17) is 11.6 Å². The number of hydrogen-bond acceptors (Lipinski definition) is 3. The van der Waals surface area contributed by atoms with Gasteiger partial charge in [-0.25, -0.2) is 4.39 Å². The molecule has 2 fully saturated rings. The fourth-order valence-electron chi connectivity index (χ4n) is 5.33. The zero-order chi connectivity index (χ0) is 21.4. The number of nitrogens with one attached hydrogen (secondary N) is 1. The molecule has 1 unspecified atom stereocenters. The molecular formula is C25H29ClFN3O. The summed E-state index contributed by atoms with van der Waals surface area (Å²) in [6, 6.07) is 11.5. The first-order valence-electron chi connectivity index (χ1n) is 11.4. The van der Waals surface area contributed by atoms with Gasteiger partial charge in [-0.3, -0.25) is 9.69 Å². The predicted octanol–water partition coefficient (Wildman–Crippen LogP) is 4.57. The van der Waals surface area contributed by atoms with Crippen molar-refractivity contribution in [2.24, 2.45) is 0 Å². The summed E-state index contributed by atoms with van der Waals surface area (Å²) in [6.07, 6.45) is 4.40. The number of piperidine rings is 2. The van der Waals surface area contributed by atoms with E-state index < -0.39 is 0 Å². The van der Waals surface area contributed by atoms with Crippen molar-refractivity contribution < 1.29 is 9.18 Å². The summed E-state index contributed by atoms with van der Waals surface area (Å²) in [7, 11) is 0. The summed E-state index contributed by atoms with van der Waals surface area (Å²) < 4.78 is 13.3. The number of amides is 1. The Morgan fingerprint density at radius 1 is 1.10 bits per heavy atom. The van der Waals surface area contributed by atoms with Gasteiger partial charge in [0, 0.05) is 36.3 Å². The summed E-state index contributed by atoms with van der Waals surface area (Å²) in [5.74, 6) is 0.424. The van der Waals surface area contributed by atoms with Gasteiger partial charge in [-0.05, 0) is 86.1 Å². The number of benzene rings is 2. The van der Waals surface area contributed by atoms with Gasteiger partial charge in [0.25, 0.3) is 5.91 Å². The second-order valence-corrected chi connectivity index (χ2v) is 9.54. The molecule has 1 N–H and O–H groups in total. The summed E-state index contributed by atoms with van der Waals surface area (Å²) in [6.45, 7) is 5.46. The molecule has 3 aliphatic heterocycles. The number of carbonyl (C=O) groups excluding carboxylic acids is 1. The Morgan fingerprint density at radius 2 is 1.94 bits per heavy atom. The molecule has 2 aromatic rings. The van der Waals surface area contributed by atoms with E-state index in [0.29, 0.717) is 17.0 Å². The topological polar surface area (TPSA) is 35.6 Å². The lowest BCUT2D eigenvalue weighted by Crippen LogP contribution is -2.46. The summed E-state index contributed by atoms with van der Waals surface area (Å²) >= 11 is 6.20. The normalized spacial score (nSPS) is 22.7. The second kappa shape index (κ2) is 8.89. The quantitative estimate of drug-likeness (QED) is 0.755. The highest BCUT2D eigenvalue weighted by Gasteiger charge is 2.34. The molecule has 2 saturated heterocycles. The number of rotatable bonds is 4. The van der Waals surface area contributed by atoms with Crippen molar-refractivity contribution in [3.05, 3.63) is 69.5 Å². The maximum Gasteiger partial charge on any atom is 0.254 e. The van der Waals surface area contributed by atoms with Crippen molar-refractivity contribution in [2.75, 3.05) is 26.2 Å². The maximum atomic E-state index is 13.3. The molecule has 3 heterocycles. The van der Waals surface area contributed by atoms with Gasteiger partial charge in [-0.15, -0.1) is 0 Å². The van der Waals surface area contributed by atoms with Crippen LogP contribution in [0.3, 0.4) is 0 Å².